The molecule has 1 amide bonds. The minimum absolute atomic E-state index is 0.0635. The van der Waals surface area contributed by atoms with E-state index in [1.807, 2.05) is 37.4 Å². The van der Waals surface area contributed by atoms with Crippen LogP contribution < -0.4 is 15.0 Å². The van der Waals surface area contributed by atoms with Crippen LogP contribution in [-0.2, 0) is 11.2 Å². The Balaban J connectivity index is 1.68. The van der Waals surface area contributed by atoms with Crippen molar-refractivity contribution in [1.82, 2.24) is 0 Å². The third-order valence-corrected chi connectivity index (χ3v) is 3.87. The number of ether oxygens (including phenoxy) is 1. The van der Waals surface area contributed by atoms with Crippen LogP contribution >= 0.6 is 11.6 Å². The number of carbonyl (C=O) groups excluding carboxylic acids is 1. The minimum Gasteiger partial charge on any atom is -0.489 e. The SMILES string of the molecule is CN1CCOc2cc(NC(=O)Cc3ccc(Cl)cc3)ccc21. The summed E-state index contributed by atoms with van der Waals surface area (Å²) in [4.78, 5) is 14.2. The number of nitrogens with one attached hydrogen (secondary N) is 1. The number of carbonyl (C=O) groups is 1. The number of rotatable bonds is 3. The molecular weight excluding hydrogens is 300 g/mol. The molecule has 0 saturated heterocycles. The molecule has 3 rings (SSSR count). The van der Waals surface area contributed by atoms with E-state index in [1.54, 1.807) is 12.1 Å². The van der Waals surface area contributed by atoms with Crippen molar-refractivity contribution in [1.29, 1.82) is 0 Å². The molecule has 0 aliphatic carbocycles. The number of likely N-dealkylation sites (N-methyl/N-ethyl adjacent to an activating group) is 1. The molecule has 1 aliphatic heterocycles. The lowest BCUT2D eigenvalue weighted by Crippen LogP contribution is -2.28. The molecule has 0 spiro atoms. The number of hydrogen-bond donors (Lipinski definition) is 1. The molecule has 4 nitrogen and oxygen atoms in total. The normalized spacial score (nSPS) is 13.3. The lowest BCUT2D eigenvalue weighted by Gasteiger charge is -2.27. The van der Waals surface area contributed by atoms with E-state index in [4.69, 9.17) is 16.3 Å². The molecule has 0 radical (unpaired) electrons. The van der Waals surface area contributed by atoms with E-state index in [0.29, 0.717) is 18.1 Å². The Labute approximate surface area is 134 Å². The number of halogens is 1. The van der Waals surface area contributed by atoms with Crippen LogP contribution in [0, 0.1) is 0 Å². The molecule has 1 aliphatic rings. The third kappa shape index (κ3) is 3.34. The van der Waals surface area contributed by atoms with Gasteiger partial charge >= 0.3 is 0 Å². The Morgan fingerprint density at radius 2 is 2.05 bits per heavy atom. The summed E-state index contributed by atoms with van der Waals surface area (Å²) in [6, 6.07) is 13.0. The van der Waals surface area contributed by atoms with Crippen molar-refractivity contribution in [2.75, 3.05) is 30.4 Å². The van der Waals surface area contributed by atoms with Crippen LogP contribution in [0.5, 0.6) is 5.75 Å². The number of hydrogen-bond acceptors (Lipinski definition) is 3. The van der Waals surface area contributed by atoms with Crippen LogP contribution in [0.2, 0.25) is 5.02 Å². The standard InChI is InChI=1S/C17H17ClN2O2/c1-20-8-9-22-16-11-14(6-7-15(16)20)19-17(21)10-12-2-4-13(18)5-3-12/h2-7,11H,8-10H2,1H3,(H,19,21). The smallest absolute Gasteiger partial charge is 0.228 e. The van der Waals surface area contributed by atoms with Gasteiger partial charge in [0.25, 0.3) is 0 Å². The van der Waals surface area contributed by atoms with Crippen molar-refractivity contribution >= 4 is 28.9 Å². The van der Waals surface area contributed by atoms with Gasteiger partial charge in [0, 0.05) is 23.8 Å². The van der Waals surface area contributed by atoms with Gasteiger partial charge in [0.05, 0.1) is 18.7 Å². The van der Waals surface area contributed by atoms with Crippen molar-refractivity contribution in [2.45, 2.75) is 6.42 Å². The molecule has 0 aromatic heterocycles. The van der Waals surface area contributed by atoms with Crippen LogP contribution in [0.4, 0.5) is 11.4 Å². The molecule has 2 aromatic carbocycles. The number of amides is 1. The van der Waals surface area contributed by atoms with Gasteiger partial charge in [0.2, 0.25) is 5.91 Å². The van der Waals surface area contributed by atoms with E-state index in [2.05, 4.69) is 10.2 Å². The monoisotopic (exact) mass is 316 g/mol. The third-order valence-electron chi connectivity index (χ3n) is 3.62. The largest absolute Gasteiger partial charge is 0.489 e. The summed E-state index contributed by atoms with van der Waals surface area (Å²) in [5.41, 5.74) is 2.71. The zero-order valence-corrected chi connectivity index (χ0v) is 13.1. The highest BCUT2D eigenvalue weighted by Gasteiger charge is 2.15. The van der Waals surface area contributed by atoms with Crippen molar-refractivity contribution in [3.8, 4) is 5.75 Å². The van der Waals surface area contributed by atoms with Crippen LogP contribution in [0.3, 0.4) is 0 Å². The first-order valence-corrected chi connectivity index (χ1v) is 7.52. The predicted octanol–water partition coefficient (Wildman–Crippen LogP) is 3.35. The molecule has 0 unspecified atom stereocenters. The first-order valence-electron chi connectivity index (χ1n) is 7.14. The maximum atomic E-state index is 12.1. The van der Waals surface area contributed by atoms with Crippen LogP contribution in [0.15, 0.2) is 42.5 Å². The van der Waals surface area contributed by atoms with E-state index >= 15 is 0 Å². The molecule has 1 heterocycles. The minimum atomic E-state index is -0.0635. The molecule has 0 saturated carbocycles. The van der Waals surface area contributed by atoms with E-state index < -0.39 is 0 Å². The van der Waals surface area contributed by atoms with E-state index in [0.717, 1.165) is 29.2 Å². The molecule has 1 N–H and O–H groups in total. The summed E-state index contributed by atoms with van der Waals surface area (Å²) in [6.07, 6.45) is 0.314. The molecule has 114 valence electrons. The van der Waals surface area contributed by atoms with Crippen molar-refractivity contribution < 1.29 is 9.53 Å². The summed E-state index contributed by atoms with van der Waals surface area (Å²) in [6.45, 7) is 1.53. The average Bonchev–Trinajstić information content (AvgIpc) is 2.50. The molecule has 22 heavy (non-hydrogen) atoms. The van der Waals surface area contributed by atoms with Crippen molar-refractivity contribution in [3.05, 3.63) is 53.1 Å². The van der Waals surface area contributed by atoms with Crippen molar-refractivity contribution in [3.63, 3.8) is 0 Å². The summed E-state index contributed by atoms with van der Waals surface area (Å²) in [5, 5.41) is 3.57. The molecular formula is C17H17ClN2O2. The number of anilines is 2. The Kier molecular flexibility index (Phi) is 4.20. The van der Waals surface area contributed by atoms with Gasteiger partial charge in [-0.1, -0.05) is 23.7 Å². The van der Waals surface area contributed by atoms with Gasteiger partial charge in [-0.05, 0) is 29.8 Å². The number of benzene rings is 2. The first kappa shape index (κ1) is 14.7. The highest BCUT2D eigenvalue weighted by molar-refractivity contribution is 6.30. The zero-order valence-electron chi connectivity index (χ0n) is 12.3. The second-order valence-corrected chi connectivity index (χ2v) is 5.74. The lowest BCUT2D eigenvalue weighted by atomic mass is 10.1. The van der Waals surface area contributed by atoms with E-state index in [9.17, 15) is 4.79 Å². The fourth-order valence-corrected chi connectivity index (χ4v) is 2.55. The molecule has 2 aromatic rings. The van der Waals surface area contributed by atoms with E-state index in [-0.39, 0.29) is 5.91 Å². The predicted molar refractivity (Wildman–Crippen MR) is 89.0 cm³/mol. The van der Waals surface area contributed by atoms with Crippen molar-refractivity contribution in [2.24, 2.45) is 0 Å². The highest BCUT2D eigenvalue weighted by Crippen LogP contribution is 2.33. The summed E-state index contributed by atoms with van der Waals surface area (Å²) in [7, 11) is 2.03. The van der Waals surface area contributed by atoms with Crippen LogP contribution in [-0.4, -0.2) is 26.1 Å². The summed E-state index contributed by atoms with van der Waals surface area (Å²) < 4.78 is 5.64. The lowest BCUT2D eigenvalue weighted by molar-refractivity contribution is -0.115. The van der Waals surface area contributed by atoms with Gasteiger partial charge in [-0.25, -0.2) is 0 Å². The van der Waals surface area contributed by atoms with Crippen LogP contribution in [0.25, 0.3) is 0 Å². The van der Waals surface area contributed by atoms with Gasteiger partial charge in [0.15, 0.2) is 0 Å². The molecule has 5 heteroatoms. The second-order valence-electron chi connectivity index (χ2n) is 5.30. The fraction of sp³-hybridized carbons (Fsp3) is 0.235. The quantitative estimate of drug-likeness (QED) is 0.944. The second kappa shape index (κ2) is 6.28. The first-order chi connectivity index (χ1) is 10.6. The Morgan fingerprint density at radius 1 is 1.27 bits per heavy atom. The fourth-order valence-electron chi connectivity index (χ4n) is 2.43. The highest BCUT2D eigenvalue weighted by atomic mass is 35.5. The maximum Gasteiger partial charge on any atom is 0.228 e. The van der Waals surface area contributed by atoms with Gasteiger partial charge in [-0.15, -0.1) is 0 Å². The van der Waals surface area contributed by atoms with E-state index in [1.165, 1.54) is 0 Å². The molecule has 0 fully saturated rings. The Bertz CT molecular complexity index is 686. The molecule has 0 bridgehead atoms. The van der Waals surface area contributed by atoms with Crippen LogP contribution in [0.1, 0.15) is 5.56 Å². The number of fused-ring (bicyclic) bond motifs is 1. The summed E-state index contributed by atoms with van der Waals surface area (Å²) >= 11 is 5.84. The topological polar surface area (TPSA) is 41.6 Å². The van der Waals surface area contributed by atoms with Gasteiger partial charge in [-0.2, -0.15) is 0 Å². The number of nitrogens with zero attached hydrogens (tertiary/aromatic N) is 1. The maximum absolute atomic E-state index is 12.1. The van der Waals surface area contributed by atoms with Gasteiger partial charge in [0.1, 0.15) is 12.4 Å². The summed E-state index contributed by atoms with van der Waals surface area (Å²) in [5.74, 6) is 0.740. The van der Waals surface area contributed by atoms with Gasteiger partial charge < -0.3 is 15.0 Å². The molecule has 0 atom stereocenters. The average molecular weight is 317 g/mol. The zero-order chi connectivity index (χ0) is 15.5. The van der Waals surface area contributed by atoms with Gasteiger partial charge in [-0.3, -0.25) is 4.79 Å². The Morgan fingerprint density at radius 3 is 2.82 bits per heavy atom. The Hall–Kier alpha value is -2.20.